The number of aromatic nitrogens is 2. The zero-order chi connectivity index (χ0) is 22.0. The number of esters is 1. The molecule has 1 aromatic heterocycles. The Hall–Kier alpha value is -3.41. The summed E-state index contributed by atoms with van der Waals surface area (Å²) in [4.78, 5) is 27.5. The first-order valence-electron chi connectivity index (χ1n) is 10.7. The van der Waals surface area contributed by atoms with E-state index < -0.39 is 12.1 Å². The number of likely N-dealkylation sites (tertiary alicyclic amines) is 1. The van der Waals surface area contributed by atoms with E-state index in [-0.39, 0.29) is 5.91 Å². The van der Waals surface area contributed by atoms with Crippen LogP contribution in [0.4, 0.5) is 0 Å². The van der Waals surface area contributed by atoms with Crippen molar-refractivity contribution in [3.8, 4) is 16.9 Å². The molecule has 0 radical (unpaired) electrons. The smallest absolute Gasteiger partial charge is 0.342 e. The molecule has 0 N–H and O–H groups in total. The van der Waals surface area contributed by atoms with Gasteiger partial charge >= 0.3 is 5.97 Å². The van der Waals surface area contributed by atoms with E-state index in [1.165, 1.54) is 0 Å². The normalized spacial score (nSPS) is 14.5. The lowest BCUT2D eigenvalue weighted by atomic mass is 10.0. The van der Waals surface area contributed by atoms with Gasteiger partial charge < -0.3 is 9.64 Å². The molecule has 6 heteroatoms. The maximum Gasteiger partial charge on any atom is 0.342 e. The van der Waals surface area contributed by atoms with Crippen LogP contribution >= 0.6 is 0 Å². The number of nitrogens with zero attached hydrogens (tertiary/aromatic N) is 3. The number of amides is 1. The van der Waals surface area contributed by atoms with Crippen LogP contribution in [0.25, 0.3) is 16.9 Å². The molecule has 31 heavy (non-hydrogen) atoms. The second kappa shape index (κ2) is 8.76. The Balaban J connectivity index is 1.68. The standard InChI is InChI=1S/C25H27N3O3/c1-17-11-12-21(18(2)15-17)23-22(16-28(26-23)20-9-5-4-6-10-20)25(30)31-19(3)24(29)27-13-7-8-14-27/h4-6,9-12,15-16,19H,7-8,13-14H2,1-3H3/t19-/m0/s1. The van der Waals surface area contributed by atoms with Gasteiger partial charge in [-0.2, -0.15) is 5.10 Å². The zero-order valence-corrected chi connectivity index (χ0v) is 18.2. The molecular formula is C25H27N3O3. The van der Waals surface area contributed by atoms with Crippen LogP contribution < -0.4 is 0 Å². The van der Waals surface area contributed by atoms with E-state index in [0.29, 0.717) is 11.3 Å². The lowest BCUT2D eigenvalue weighted by molar-refractivity contribution is -0.138. The van der Waals surface area contributed by atoms with Gasteiger partial charge in [0.1, 0.15) is 11.3 Å². The molecule has 160 valence electrons. The van der Waals surface area contributed by atoms with Gasteiger partial charge in [-0.05, 0) is 51.3 Å². The van der Waals surface area contributed by atoms with Gasteiger partial charge in [-0.1, -0.05) is 42.0 Å². The van der Waals surface area contributed by atoms with Crippen molar-refractivity contribution in [3.63, 3.8) is 0 Å². The summed E-state index contributed by atoms with van der Waals surface area (Å²) in [6.45, 7) is 7.11. The van der Waals surface area contributed by atoms with Gasteiger partial charge in [-0.15, -0.1) is 0 Å². The summed E-state index contributed by atoms with van der Waals surface area (Å²) >= 11 is 0. The Kier molecular flexibility index (Phi) is 5.89. The van der Waals surface area contributed by atoms with Crippen LogP contribution in [0.3, 0.4) is 0 Å². The summed E-state index contributed by atoms with van der Waals surface area (Å²) in [5.74, 6) is -0.688. The number of rotatable bonds is 5. The quantitative estimate of drug-likeness (QED) is 0.580. The van der Waals surface area contributed by atoms with Crippen molar-refractivity contribution >= 4 is 11.9 Å². The molecule has 0 unspecified atom stereocenters. The van der Waals surface area contributed by atoms with Gasteiger partial charge in [0.15, 0.2) is 6.10 Å². The number of carbonyl (C=O) groups excluding carboxylic acids is 2. The maximum atomic E-state index is 13.1. The molecule has 3 aromatic rings. The molecule has 2 aromatic carbocycles. The fourth-order valence-electron chi connectivity index (χ4n) is 3.98. The highest BCUT2D eigenvalue weighted by Crippen LogP contribution is 2.28. The van der Waals surface area contributed by atoms with Crippen LogP contribution in [0.5, 0.6) is 0 Å². The molecule has 0 saturated carbocycles. The molecule has 4 rings (SSSR count). The summed E-state index contributed by atoms with van der Waals surface area (Å²) < 4.78 is 7.28. The van der Waals surface area contributed by atoms with E-state index in [9.17, 15) is 9.59 Å². The van der Waals surface area contributed by atoms with Crippen LogP contribution in [0, 0.1) is 13.8 Å². The summed E-state index contributed by atoms with van der Waals surface area (Å²) in [6, 6.07) is 15.6. The molecule has 1 atom stereocenters. The van der Waals surface area contributed by atoms with Crippen LogP contribution in [0.2, 0.25) is 0 Å². The average Bonchev–Trinajstić information content (AvgIpc) is 3.44. The minimum absolute atomic E-state index is 0.144. The molecular weight excluding hydrogens is 390 g/mol. The van der Waals surface area contributed by atoms with E-state index in [0.717, 1.165) is 48.3 Å². The second-order valence-corrected chi connectivity index (χ2v) is 8.07. The number of para-hydroxylation sites is 1. The van der Waals surface area contributed by atoms with E-state index in [1.54, 1.807) is 22.7 Å². The summed E-state index contributed by atoms with van der Waals surface area (Å²) in [5, 5.41) is 4.71. The Bertz CT molecular complexity index is 1100. The van der Waals surface area contributed by atoms with E-state index in [4.69, 9.17) is 9.84 Å². The van der Waals surface area contributed by atoms with Gasteiger partial charge in [-0.3, -0.25) is 4.79 Å². The highest BCUT2D eigenvalue weighted by Gasteiger charge is 2.28. The third-order valence-electron chi connectivity index (χ3n) is 5.64. The van der Waals surface area contributed by atoms with E-state index >= 15 is 0 Å². The highest BCUT2D eigenvalue weighted by molar-refractivity contribution is 5.98. The van der Waals surface area contributed by atoms with Crippen molar-refractivity contribution < 1.29 is 14.3 Å². The number of hydrogen-bond donors (Lipinski definition) is 0. The Labute approximate surface area is 182 Å². The summed E-state index contributed by atoms with van der Waals surface area (Å²) in [5.41, 5.74) is 4.76. The molecule has 0 bridgehead atoms. The Morgan fingerprint density at radius 2 is 1.74 bits per heavy atom. The van der Waals surface area contributed by atoms with Crippen molar-refractivity contribution in [2.24, 2.45) is 0 Å². The van der Waals surface area contributed by atoms with Gasteiger partial charge in [0.05, 0.1) is 5.69 Å². The molecule has 1 amide bonds. The predicted molar refractivity (Wildman–Crippen MR) is 119 cm³/mol. The summed E-state index contributed by atoms with van der Waals surface area (Å²) in [7, 11) is 0. The van der Waals surface area contributed by atoms with E-state index in [2.05, 4.69) is 6.07 Å². The fraction of sp³-hybridized carbons (Fsp3) is 0.320. The van der Waals surface area contributed by atoms with Gasteiger partial charge in [0, 0.05) is 24.8 Å². The minimum Gasteiger partial charge on any atom is -0.449 e. The molecule has 1 saturated heterocycles. The second-order valence-electron chi connectivity index (χ2n) is 8.07. The van der Waals surface area contributed by atoms with E-state index in [1.807, 2.05) is 56.3 Å². The molecule has 2 heterocycles. The van der Waals surface area contributed by atoms with Crippen molar-refractivity contribution in [3.05, 3.63) is 71.4 Å². The van der Waals surface area contributed by atoms with Crippen LogP contribution in [-0.4, -0.2) is 45.8 Å². The number of aryl methyl sites for hydroxylation is 2. The molecule has 1 aliphatic heterocycles. The van der Waals surface area contributed by atoms with Gasteiger partial charge in [0.25, 0.3) is 5.91 Å². The Morgan fingerprint density at radius 1 is 1.03 bits per heavy atom. The third-order valence-corrected chi connectivity index (χ3v) is 5.64. The number of hydrogen-bond acceptors (Lipinski definition) is 4. The number of benzene rings is 2. The van der Waals surface area contributed by atoms with Crippen molar-refractivity contribution in [1.29, 1.82) is 0 Å². The van der Waals surface area contributed by atoms with Crippen molar-refractivity contribution in [2.75, 3.05) is 13.1 Å². The lowest BCUT2D eigenvalue weighted by Crippen LogP contribution is -2.38. The molecule has 6 nitrogen and oxygen atoms in total. The highest BCUT2D eigenvalue weighted by atomic mass is 16.5. The lowest BCUT2D eigenvalue weighted by Gasteiger charge is -2.20. The molecule has 1 fully saturated rings. The molecule has 0 aliphatic carbocycles. The predicted octanol–water partition coefficient (Wildman–Crippen LogP) is 4.32. The topological polar surface area (TPSA) is 64.4 Å². The zero-order valence-electron chi connectivity index (χ0n) is 18.2. The van der Waals surface area contributed by atoms with Crippen LogP contribution in [0.15, 0.2) is 54.7 Å². The molecule has 0 spiro atoms. The summed E-state index contributed by atoms with van der Waals surface area (Å²) in [6.07, 6.45) is 2.83. The monoisotopic (exact) mass is 417 g/mol. The third kappa shape index (κ3) is 4.38. The van der Waals surface area contributed by atoms with Gasteiger partial charge in [-0.25, -0.2) is 9.48 Å². The average molecular weight is 418 g/mol. The fourth-order valence-corrected chi connectivity index (χ4v) is 3.98. The first-order chi connectivity index (χ1) is 14.9. The maximum absolute atomic E-state index is 13.1. The first-order valence-corrected chi connectivity index (χ1v) is 10.7. The Morgan fingerprint density at radius 3 is 2.42 bits per heavy atom. The first kappa shape index (κ1) is 20.8. The minimum atomic E-state index is -0.836. The van der Waals surface area contributed by atoms with Gasteiger partial charge in [0.2, 0.25) is 0 Å². The SMILES string of the molecule is Cc1ccc(-c2nn(-c3ccccc3)cc2C(=O)O[C@@H](C)C(=O)N2CCCC2)c(C)c1. The van der Waals surface area contributed by atoms with Crippen molar-refractivity contribution in [1.82, 2.24) is 14.7 Å². The molecule has 1 aliphatic rings. The van der Waals surface area contributed by atoms with Crippen LogP contribution in [0.1, 0.15) is 41.3 Å². The largest absolute Gasteiger partial charge is 0.449 e. The number of carbonyl (C=O) groups is 2. The van der Waals surface area contributed by atoms with Crippen LogP contribution in [-0.2, 0) is 9.53 Å². The van der Waals surface area contributed by atoms with Crippen molar-refractivity contribution in [2.45, 2.75) is 39.7 Å². The number of ether oxygens (including phenoxy) is 1.